The number of amides is 1. The van der Waals surface area contributed by atoms with E-state index in [4.69, 9.17) is 10.5 Å². The van der Waals surface area contributed by atoms with Crippen molar-refractivity contribution in [2.75, 3.05) is 49.3 Å². The number of nitrogens with two attached hydrogens (primary N) is 1. The number of ether oxygens (including phenoxy) is 1. The molecule has 1 heterocycles. The van der Waals surface area contributed by atoms with Crippen molar-refractivity contribution < 1.29 is 9.53 Å². The molecule has 0 saturated carbocycles. The Hall–Kier alpha value is -1.40. The quantitative estimate of drug-likeness (QED) is 0.809. The highest BCUT2D eigenvalue weighted by molar-refractivity contribution is 7.99. The molecule has 1 amide bonds. The summed E-state index contributed by atoms with van der Waals surface area (Å²) in [5, 5.41) is 2.85. The highest BCUT2D eigenvalue weighted by atomic mass is 32.2. The second-order valence-electron chi connectivity index (χ2n) is 4.71. The van der Waals surface area contributed by atoms with Crippen LogP contribution in [0.25, 0.3) is 0 Å². The van der Waals surface area contributed by atoms with E-state index in [2.05, 4.69) is 10.2 Å². The largest absolute Gasteiger partial charge is 0.497 e. The van der Waals surface area contributed by atoms with Crippen LogP contribution >= 0.6 is 11.8 Å². The van der Waals surface area contributed by atoms with Gasteiger partial charge in [-0.25, -0.2) is 0 Å². The standard InChI is InChI=1S/C14H21N3O2S/c1-19-11-2-3-13(12(15)10-11)16-14(18)4-5-17-6-8-20-9-7-17/h2-3,10H,4-9,15H2,1H3,(H,16,18). The Kier molecular flexibility index (Phi) is 5.55. The Labute approximate surface area is 123 Å². The van der Waals surface area contributed by atoms with E-state index in [9.17, 15) is 4.79 Å². The lowest BCUT2D eigenvalue weighted by atomic mass is 10.2. The molecular weight excluding hydrogens is 274 g/mol. The zero-order valence-electron chi connectivity index (χ0n) is 11.7. The lowest BCUT2D eigenvalue weighted by Gasteiger charge is -2.25. The summed E-state index contributed by atoms with van der Waals surface area (Å²) in [6, 6.07) is 5.26. The molecule has 1 aromatic carbocycles. The number of thioether (sulfide) groups is 1. The van der Waals surface area contributed by atoms with E-state index in [0.29, 0.717) is 23.5 Å². The van der Waals surface area contributed by atoms with E-state index in [0.717, 1.165) is 31.1 Å². The van der Waals surface area contributed by atoms with Crippen molar-refractivity contribution in [2.45, 2.75) is 6.42 Å². The minimum absolute atomic E-state index is 0.0000865. The van der Waals surface area contributed by atoms with Crippen LogP contribution in [0.3, 0.4) is 0 Å². The fourth-order valence-corrected chi connectivity index (χ4v) is 3.06. The van der Waals surface area contributed by atoms with Crippen molar-refractivity contribution in [1.82, 2.24) is 4.90 Å². The number of anilines is 2. The first kappa shape index (κ1) is 15.0. The minimum atomic E-state index is 0.0000865. The molecule has 0 bridgehead atoms. The minimum Gasteiger partial charge on any atom is -0.497 e. The van der Waals surface area contributed by atoms with Crippen molar-refractivity contribution in [3.05, 3.63) is 18.2 Å². The average molecular weight is 295 g/mol. The van der Waals surface area contributed by atoms with Crippen LogP contribution in [0.4, 0.5) is 11.4 Å². The zero-order chi connectivity index (χ0) is 14.4. The molecule has 0 aliphatic carbocycles. The number of carbonyl (C=O) groups is 1. The third-order valence-electron chi connectivity index (χ3n) is 3.29. The van der Waals surface area contributed by atoms with Crippen LogP contribution in [-0.2, 0) is 4.79 Å². The predicted molar refractivity (Wildman–Crippen MR) is 84.4 cm³/mol. The molecule has 0 aromatic heterocycles. The Bertz CT molecular complexity index is 462. The molecule has 3 N–H and O–H groups in total. The summed E-state index contributed by atoms with van der Waals surface area (Å²) >= 11 is 1.97. The highest BCUT2D eigenvalue weighted by Gasteiger charge is 2.12. The van der Waals surface area contributed by atoms with E-state index >= 15 is 0 Å². The molecule has 6 heteroatoms. The zero-order valence-corrected chi connectivity index (χ0v) is 12.5. The SMILES string of the molecule is COc1ccc(NC(=O)CCN2CCSCC2)c(N)c1. The maximum Gasteiger partial charge on any atom is 0.225 e. The van der Waals surface area contributed by atoms with Crippen LogP contribution in [0, 0.1) is 0 Å². The van der Waals surface area contributed by atoms with Crippen molar-refractivity contribution in [3.63, 3.8) is 0 Å². The van der Waals surface area contributed by atoms with Crippen molar-refractivity contribution >= 4 is 29.0 Å². The van der Waals surface area contributed by atoms with Crippen molar-refractivity contribution in [1.29, 1.82) is 0 Å². The normalized spacial score (nSPS) is 15.8. The number of rotatable bonds is 5. The monoisotopic (exact) mass is 295 g/mol. The fraction of sp³-hybridized carbons (Fsp3) is 0.500. The lowest BCUT2D eigenvalue weighted by Crippen LogP contribution is -2.35. The molecule has 0 radical (unpaired) electrons. The van der Waals surface area contributed by atoms with Crippen LogP contribution in [0.2, 0.25) is 0 Å². The van der Waals surface area contributed by atoms with Gasteiger partial charge in [-0.15, -0.1) is 0 Å². The van der Waals surface area contributed by atoms with Gasteiger partial charge in [-0.2, -0.15) is 11.8 Å². The summed E-state index contributed by atoms with van der Waals surface area (Å²) in [4.78, 5) is 14.3. The van der Waals surface area contributed by atoms with Crippen LogP contribution < -0.4 is 15.8 Å². The first-order valence-electron chi connectivity index (χ1n) is 6.72. The highest BCUT2D eigenvalue weighted by Crippen LogP contribution is 2.24. The van der Waals surface area contributed by atoms with Gasteiger partial charge in [-0.05, 0) is 12.1 Å². The first-order chi connectivity index (χ1) is 9.69. The van der Waals surface area contributed by atoms with E-state index in [1.54, 1.807) is 25.3 Å². The van der Waals surface area contributed by atoms with Gasteiger partial charge >= 0.3 is 0 Å². The number of hydrogen-bond acceptors (Lipinski definition) is 5. The lowest BCUT2D eigenvalue weighted by molar-refractivity contribution is -0.116. The van der Waals surface area contributed by atoms with Crippen LogP contribution in [0.15, 0.2) is 18.2 Å². The topological polar surface area (TPSA) is 67.6 Å². The summed E-state index contributed by atoms with van der Waals surface area (Å²) < 4.78 is 5.08. The molecule has 1 fully saturated rings. The van der Waals surface area contributed by atoms with Gasteiger partial charge in [0.1, 0.15) is 5.75 Å². The summed E-state index contributed by atoms with van der Waals surface area (Å²) in [6.07, 6.45) is 0.496. The van der Waals surface area contributed by atoms with E-state index in [-0.39, 0.29) is 5.91 Å². The van der Waals surface area contributed by atoms with E-state index < -0.39 is 0 Å². The first-order valence-corrected chi connectivity index (χ1v) is 7.88. The number of hydrogen-bond donors (Lipinski definition) is 2. The molecule has 0 atom stereocenters. The number of nitrogens with zero attached hydrogens (tertiary/aromatic N) is 1. The van der Waals surface area contributed by atoms with Gasteiger partial charge in [0.15, 0.2) is 0 Å². The second-order valence-corrected chi connectivity index (χ2v) is 5.93. The van der Waals surface area contributed by atoms with Crippen LogP contribution in [-0.4, -0.2) is 49.1 Å². The summed E-state index contributed by atoms with van der Waals surface area (Å²) in [5.74, 6) is 3.01. The Morgan fingerprint density at radius 2 is 2.20 bits per heavy atom. The van der Waals surface area contributed by atoms with Gasteiger partial charge in [0.05, 0.1) is 18.5 Å². The molecule has 2 rings (SSSR count). The van der Waals surface area contributed by atoms with Gasteiger partial charge in [-0.3, -0.25) is 4.79 Å². The Morgan fingerprint density at radius 1 is 1.45 bits per heavy atom. The third-order valence-corrected chi connectivity index (χ3v) is 4.23. The number of carbonyl (C=O) groups excluding carboxylic acids is 1. The molecule has 0 spiro atoms. The average Bonchev–Trinajstić information content (AvgIpc) is 2.48. The molecular formula is C14H21N3O2S. The van der Waals surface area contributed by atoms with Crippen molar-refractivity contribution in [3.8, 4) is 5.75 Å². The third kappa shape index (κ3) is 4.31. The van der Waals surface area contributed by atoms with E-state index in [1.807, 2.05) is 11.8 Å². The molecule has 5 nitrogen and oxygen atoms in total. The summed E-state index contributed by atoms with van der Waals surface area (Å²) in [5.41, 5.74) is 7.04. The second kappa shape index (κ2) is 7.40. The van der Waals surface area contributed by atoms with Gasteiger partial charge in [-0.1, -0.05) is 0 Å². The summed E-state index contributed by atoms with van der Waals surface area (Å²) in [6.45, 7) is 2.95. The molecule has 1 aliphatic rings. The van der Waals surface area contributed by atoms with Crippen molar-refractivity contribution in [2.24, 2.45) is 0 Å². The number of nitrogen functional groups attached to an aromatic ring is 1. The molecule has 1 saturated heterocycles. The number of benzene rings is 1. The predicted octanol–water partition coefficient (Wildman–Crippen LogP) is 1.65. The van der Waals surface area contributed by atoms with Gasteiger partial charge in [0.25, 0.3) is 0 Å². The van der Waals surface area contributed by atoms with Gasteiger partial charge in [0.2, 0.25) is 5.91 Å². The molecule has 0 unspecified atom stereocenters. The van der Waals surface area contributed by atoms with Gasteiger partial charge < -0.3 is 20.7 Å². The van der Waals surface area contributed by atoms with E-state index in [1.165, 1.54) is 0 Å². The van der Waals surface area contributed by atoms with Crippen LogP contribution in [0.5, 0.6) is 5.75 Å². The molecule has 110 valence electrons. The number of methoxy groups -OCH3 is 1. The molecule has 1 aromatic rings. The van der Waals surface area contributed by atoms with Crippen LogP contribution in [0.1, 0.15) is 6.42 Å². The summed E-state index contributed by atoms with van der Waals surface area (Å²) in [7, 11) is 1.59. The molecule has 20 heavy (non-hydrogen) atoms. The Balaban J connectivity index is 1.81. The smallest absolute Gasteiger partial charge is 0.225 e. The number of nitrogens with one attached hydrogen (secondary N) is 1. The molecule has 1 aliphatic heterocycles. The maximum atomic E-state index is 11.9. The van der Waals surface area contributed by atoms with Gasteiger partial charge in [0, 0.05) is 43.6 Å². The fourth-order valence-electron chi connectivity index (χ4n) is 2.08. The maximum absolute atomic E-state index is 11.9. The Morgan fingerprint density at radius 3 is 2.85 bits per heavy atom.